The number of esters is 3. The molecule has 2 atom stereocenters. The molecule has 6 heteroatoms. The summed E-state index contributed by atoms with van der Waals surface area (Å²) in [5.74, 6) is -1.57. The van der Waals surface area contributed by atoms with E-state index in [9.17, 15) is 14.4 Å². The molecule has 2 aliphatic heterocycles. The van der Waals surface area contributed by atoms with Crippen LogP contribution in [-0.2, 0) is 19.1 Å². The van der Waals surface area contributed by atoms with Gasteiger partial charge < -0.3 is 9.47 Å². The number of fused-ring (bicyclic) bond motifs is 1. The molecule has 3 rings (SSSR count). The number of benzene rings is 1. The quantitative estimate of drug-likeness (QED) is 0.622. The van der Waals surface area contributed by atoms with Gasteiger partial charge >= 0.3 is 17.9 Å². The molecule has 98 valence electrons. The fourth-order valence-corrected chi connectivity index (χ4v) is 2.22. The first-order valence-corrected chi connectivity index (χ1v) is 5.95. The predicted octanol–water partition coefficient (Wildman–Crippen LogP) is 0.677. The summed E-state index contributed by atoms with van der Waals surface area (Å²) in [4.78, 5) is 34.1. The molecule has 6 nitrogen and oxygen atoms in total. The summed E-state index contributed by atoms with van der Waals surface area (Å²) >= 11 is 0. The van der Waals surface area contributed by atoms with Crippen LogP contribution in [0.5, 0.6) is 0 Å². The van der Waals surface area contributed by atoms with Gasteiger partial charge in [-0.15, -0.1) is 0 Å². The summed E-state index contributed by atoms with van der Waals surface area (Å²) in [7, 11) is 0. The van der Waals surface area contributed by atoms with Crippen LogP contribution < -0.4 is 5.32 Å². The van der Waals surface area contributed by atoms with Gasteiger partial charge in [-0.25, -0.2) is 9.59 Å². The lowest BCUT2D eigenvalue weighted by molar-refractivity contribution is -0.166. The Morgan fingerprint density at radius 2 is 1.95 bits per heavy atom. The molecular formula is C13H11NO5. The third-order valence-electron chi connectivity index (χ3n) is 3.18. The van der Waals surface area contributed by atoms with Crippen molar-refractivity contribution in [2.45, 2.75) is 25.1 Å². The monoisotopic (exact) mass is 261 g/mol. The second-order valence-electron chi connectivity index (χ2n) is 4.42. The van der Waals surface area contributed by atoms with E-state index >= 15 is 0 Å². The first kappa shape index (κ1) is 11.9. The van der Waals surface area contributed by atoms with Crippen molar-refractivity contribution in [3.05, 3.63) is 35.4 Å². The highest BCUT2D eigenvalue weighted by Crippen LogP contribution is 2.29. The van der Waals surface area contributed by atoms with Crippen LogP contribution in [0.2, 0.25) is 0 Å². The number of hydrogen-bond acceptors (Lipinski definition) is 6. The molecule has 0 bridgehead atoms. The van der Waals surface area contributed by atoms with Crippen molar-refractivity contribution in [1.29, 1.82) is 0 Å². The Kier molecular flexibility index (Phi) is 2.79. The molecular weight excluding hydrogens is 250 g/mol. The molecule has 1 fully saturated rings. The van der Waals surface area contributed by atoms with Gasteiger partial charge in [0, 0.05) is 12.0 Å². The van der Waals surface area contributed by atoms with E-state index in [2.05, 4.69) is 10.1 Å². The van der Waals surface area contributed by atoms with Gasteiger partial charge in [0.05, 0.1) is 5.56 Å². The highest BCUT2D eigenvalue weighted by atomic mass is 16.6. The zero-order valence-corrected chi connectivity index (χ0v) is 9.92. The fourth-order valence-electron chi connectivity index (χ4n) is 2.22. The maximum Gasteiger partial charge on any atom is 0.340 e. The summed E-state index contributed by atoms with van der Waals surface area (Å²) < 4.78 is 9.71. The minimum absolute atomic E-state index is 0.172. The third kappa shape index (κ3) is 2.10. The van der Waals surface area contributed by atoms with Crippen LogP contribution in [-0.4, -0.2) is 23.9 Å². The van der Waals surface area contributed by atoms with Crippen LogP contribution in [0.15, 0.2) is 24.3 Å². The van der Waals surface area contributed by atoms with E-state index in [0.29, 0.717) is 17.5 Å². The van der Waals surface area contributed by atoms with Crippen molar-refractivity contribution in [3.8, 4) is 0 Å². The molecule has 2 aliphatic rings. The average Bonchev–Trinajstić information content (AvgIpc) is 2.71. The van der Waals surface area contributed by atoms with Crippen LogP contribution in [0.4, 0.5) is 0 Å². The lowest BCUT2D eigenvalue weighted by Gasteiger charge is -2.23. The number of rotatable bonds is 2. The van der Waals surface area contributed by atoms with E-state index in [0.717, 1.165) is 0 Å². The number of carbonyl (C=O) groups excluding carboxylic acids is 3. The molecule has 1 aromatic carbocycles. The van der Waals surface area contributed by atoms with Crippen molar-refractivity contribution < 1.29 is 23.9 Å². The molecule has 19 heavy (non-hydrogen) atoms. The number of nitrogens with one attached hydrogen (secondary N) is 1. The molecule has 2 heterocycles. The van der Waals surface area contributed by atoms with Gasteiger partial charge in [-0.1, -0.05) is 18.2 Å². The summed E-state index contributed by atoms with van der Waals surface area (Å²) in [6.45, 7) is 0. The van der Waals surface area contributed by atoms with Gasteiger partial charge in [0.25, 0.3) is 0 Å². The smallest absolute Gasteiger partial charge is 0.340 e. The summed E-state index contributed by atoms with van der Waals surface area (Å²) in [6.07, 6.45) is -0.158. The van der Waals surface area contributed by atoms with Crippen LogP contribution in [0.1, 0.15) is 35.0 Å². The molecule has 0 saturated carbocycles. The van der Waals surface area contributed by atoms with E-state index in [1.165, 1.54) is 0 Å². The number of ether oxygens (including phenoxy) is 2. The minimum Gasteiger partial charge on any atom is -0.439 e. The van der Waals surface area contributed by atoms with Crippen LogP contribution in [0.3, 0.4) is 0 Å². The Balaban J connectivity index is 1.77. The molecule has 0 aliphatic carbocycles. The van der Waals surface area contributed by atoms with Crippen molar-refractivity contribution in [1.82, 2.24) is 5.32 Å². The lowest BCUT2D eigenvalue weighted by atomic mass is 10.1. The highest BCUT2D eigenvalue weighted by molar-refractivity contribution is 5.94. The molecule has 0 aromatic heterocycles. The lowest BCUT2D eigenvalue weighted by Crippen LogP contribution is -2.44. The molecule has 1 saturated heterocycles. The first-order chi connectivity index (χ1) is 9.15. The van der Waals surface area contributed by atoms with E-state index in [1.54, 1.807) is 24.3 Å². The largest absolute Gasteiger partial charge is 0.439 e. The molecule has 0 amide bonds. The van der Waals surface area contributed by atoms with Crippen LogP contribution in [0.25, 0.3) is 0 Å². The second kappa shape index (κ2) is 4.47. The topological polar surface area (TPSA) is 81.7 Å². The molecule has 2 unspecified atom stereocenters. The SMILES string of the molecule is O=C1CCC(NC2OC(=O)c3ccccc32)C(=O)O1. The third-order valence-corrected chi connectivity index (χ3v) is 3.18. The summed E-state index contributed by atoms with van der Waals surface area (Å²) in [5, 5.41) is 2.90. The molecule has 0 radical (unpaired) electrons. The van der Waals surface area contributed by atoms with Gasteiger partial charge in [-0.3, -0.25) is 10.1 Å². The number of hydrogen-bond donors (Lipinski definition) is 1. The zero-order chi connectivity index (χ0) is 13.4. The van der Waals surface area contributed by atoms with Gasteiger partial charge in [0.15, 0.2) is 6.23 Å². The van der Waals surface area contributed by atoms with Crippen LogP contribution >= 0.6 is 0 Å². The molecule has 0 spiro atoms. The Morgan fingerprint density at radius 3 is 2.74 bits per heavy atom. The summed E-state index contributed by atoms with van der Waals surface area (Å²) in [6, 6.07) is 6.33. The Hall–Kier alpha value is -2.21. The standard InChI is InChI=1S/C13H11NO5/c15-10-6-5-9(13(17)18-10)14-11-7-3-1-2-4-8(7)12(16)19-11/h1-4,9,11,14H,5-6H2. The Bertz CT molecular complexity index is 568. The van der Waals surface area contributed by atoms with E-state index in [4.69, 9.17) is 4.74 Å². The summed E-state index contributed by atoms with van der Waals surface area (Å²) in [5.41, 5.74) is 1.18. The van der Waals surface area contributed by atoms with Gasteiger partial charge in [0.2, 0.25) is 0 Å². The van der Waals surface area contributed by atoms with Crippen LogP contribution in [0, 0.1) is 0 Å². The predicted molar refractivity (Wildman–Crippen MR) is 61.9 cm³/mol. The highest BCUT2D eigenvalue weighted by Gasteiger charge is 2.36. The number of carbonyl (C=O) groups is 3. The minimum atomic E-state index is -0.672. The van der Waals surface area contributed by atoms with Crippen molar-refractivity contribution in [2.24, 2.45) is 0 Å². The van der Waals surface area contributed by atoms with Crippen molar-refractivity contribution in [3.63, 3.8) is 0 Å². The maximum absolute atomic E-state index is 11.6. The van der Waals surface area contributed by atoms with Gasteiger partial charge in [-0.2, -0.15) is 0 Å². The number of cyclic esters (lactones) is 3. The molecule has 1 N–H and O–H groups in total. The average molecular weight is 261 g/mol. The van der Waals surface area contributed by atoms with Crippen molar-refractivity contribution >= 4 is 17.9 Å². The maximum atomic E-state index is 11.6. The Morgan fingerprint density at radius 1 is 1.16 bits per heavy atom. The zero-order valence-electron chi connectivity index (χ0n) is 9.92. The first-order valence-electron chi connectivity index (χ1n) is 5.95. The van der Waals surface area contributed by atoms with E-state index < -0.39 is 30.2 Å². The van der Waals surface area contributed by atoms with Gasteiger partial charge in [0.1, 0.15) is 6.04 Å². The van der Waals surface area contributed by atoms with E-state index in [-0.39, 0.29) is 6.42 Å². The van der Waals surface area contributed by atoms with Gasteiger partial charge in [-0.05, 0) is 12.5 Å². The van der Waals surface area contributed by atoms with Crippen molar-refractivity contribution in [2.75, 3.05) is 0 Å². The second-order valence-corrected chi connectivity index (χ2v) is 4.42. The fraction of sp³-hybridized carbons (Fsp3) is 0.308. The Labute approximate surface area is 108 Å². The van der Waals surface area contributed by atoms with E-state index in [1.807, 2.05) is 0 Å². The normalized spacial score (nSPS) is 25.8. The molecule has 1 aromatic rings.